The molecule has 0 aliphatic rings. The molecule has 0 unspecified atom stereocenters. The van der Waals surface area contributed by atoms with Crippen LogP contribution in [-0.2, 0) is 11.2 Å². The summed E-state index contributed by atoms with van der Waals surface area (Å²) in [6, 6.07) is 17.5. The summed E-state index contributed by atoms with van der Waals surface area (Å²) in [6.45, 7) is 1.89. The molecule has 0 saturated heterocycles. The SMILES string of the molecule is COc1ccc(-c2csc(-n3nc(C)cc3NC(=O)CCc3ccccc3)n2)cc1OC. The van der Waals surface area contributed by atoms with Crippen molar-refractivity contribution in [2.45, 2.75) is 19.8 Å². The number of carbonyl (C=O) groups is 1. The fraction of sp³-hybridized carbons (Fsp3) is 0.208. The second-order valence-electron chi connectivity index (χ2n) is 7.20. The summed E-state index contributed by atoms with van der Waals surface area (Å²) in [5, 5.41) is 10.1. The van der Waals surface area contributed by atoms with Crippen LogP contribution in [0.1, 0.15) is 17.7 Å². The van der Waals surface area contributed by atoms with Gasteiger partial charge in [0.1, 0.15) is 5.82 Å². The van der Waals surface area contributed by atoms with Gasteiger partial charge in [0, 0.05) is 23.4 Å². The molecule has 0 fully saturated rings. The Hall–Kier alpha value is -3.65. The minimum absolute atomic E-state index is 0.0633. The Kier molecular flexibility index (Phi) is 6.51. The summed E-state index contributed by atoms with van der Waals surface area (Å²) < 4.78 is 12.4. The van der Waals surface area contributed by atoms with E-state index in [1.807, 2.05) is 66.9 Å². The minimum atomic E-state index is -0.0633. The summed E-state index contributed by atoms with van der Waals surface area (Å²) in [6.07, 6.45) is 1.07. The van der Waals surface area contributed by atoms with Crippen molar-refractivity contribution < 1.29 is 14.3 Å². The van der Waals surface area contributed by atoms with Crippen LogP contribution in [0.3, 0.4) is 0 Å². The number of hydrogen-bond acceptors (Lipinski definition) is 6. The molecule has 32 heavy (non-hydrogen) atoms. The maximum atomic E-state index is 12.5. The average Bonchev–Trinajstić information content (AvgIpc) is 3.44. The lowest BCUT2D eigenvalue weighted by molar-refractivity contribution is -0.116. The van der Waals surface area contributed by atoms with Gasteiger partial charge in [-0.05, 0) is 37.1 Å². The van der Waals surface area contributed by atoms with Crippen molar-refractivity contribution in [2.24, 2.45) is 0 Å². The van der Waals surface area contributed by atoms with E-state index in [1.54, 1.807) is 18.9 Å². The number of thiazole rings is 1. The summed E-state index contributed by atoms with van der Waals surface area (Å²) >= 11 is 1.45. The quantitative estimate of drug-likeness (QED) is 0.415. The first-order valence-corrected chi connectivity index (χ1v) is 11.0. The molecule has 2 aromatic carbocycles. The van der Waals surface area contributed by atoms with Crippen LogP contribution < -0.4 is 14.8 Å². The van der Waals surface area contributed by atoms with Gasteiger partial charge in [-0.3, -0.25) is 4.79 Å². The Morgan fingerprint density at radius 2 is 1.84 bits per heavy atom. The van der Waals surface area contributed by atoms with Crippen LogP contribution in [0.25, 0.3) is 16.4 Å². The smallest absolute Gasteiger partial charge is 0.225 e. The Balaban J connectivity index is 1.52. The number of aryl methyl sites for hydroxylation is 2. The van der Waals surface area contributed by atoms with E-state index < -0.39 is 0 Å². The van der Waals surface area contributed by atoms with Gasteiger partial charge < -0.3 is 14.8 Å². The van der Waals surface area contributed by atoms with Crippen molar-refractivity contribution in [1.29, 1.82) is 0 Å². The normalized spacial score (nSPS) is 10.7. The highest BCUT2D eigenvalue weighted by molar-refractivity contribution is 7.12. The Morgan fingerprint density at radius 1 is 1.06 bits per heavy atom. The minimum Gasteiger partial charge on any atom is -0.493 e. The van der Waals surface area contributed by atoms with E-state index in [-0.39, 0.29) is 5.91 Å². The largest absolute Gasteiger partial charge is 0.493 e. The second-order valence-corrected chi connectivity index (χ2v) is 8.04. The predicted octanol–water partition coefficient (Wildman–Crippen LogP) is 4.89. The molecule has 164 valence electrons. The number of carbonyl (C=O) groups excluding carboxylic acids is 1. The van der Waals surface area contributed by atoms with Crippen LogP contribution in [-0.4, -0.2) is 34.9 Å². The molecular formula is C24H24N4O3S. The van der Waals surface area contributed by atoms with Crippen molar-refractivity contribution in [1.82, 2.24) is 14.8 Å². The maximum Gasteiger partial charge on any atom is 0.225 e. The zero-order chi connectivity index (χ0) is 22.5. The summed E-state index contributed by atoms with van der Waals surface area (Å²) in [4.78, 5) is 17.3. The lowest BCUT2D eigenvalue weighted by Gasteiger charge is -2.08. The maximum absolute atomic E-state index is 12.5. The fourth-order valence-corrected chi connectivity index (χ4v) is 4.13. The van der Waals surface area contributed by atoms with Crippen LogP contribution in [0.5, 0.6) is 11.5 Å². The van der Waals surface area contributed by atoms with E-state index in [0.29, 0.717) is 35.3 Å². The van der Waals surface area contributed by atoms with Gasteiger partial charge in [-0.25, -0.2) is 4.98 Å². The van der Waals surface area contributed by atoms with E-state index >= 15 is 0 Å². The molecule has 7 nitrogen and oxygen atoms in total. The zero-order valence-corrected chi connectivity index (χ0v) is 19.0. The van der Waals surface area contributed by atoms with Crippen LogP contribution in [0.4, 0.5) is 5.82 Å². The lowest BCUT2D eigenvalue weighted by atomic mass is 10.1. The predicted molar refractivity (Wildman–Crippen MR) is 126 cm³/mol. The first kappa shape index (κ1) is 21.6. The third kappa shape index (κ3) is 4.81. The standard InChI is InChI=1S/C24H24N4O3S/c1-16-13-22(26-23(29)12-9-17-7-5-4-6-8-17)28(27-16)24-25-19(15-32-24)18-10-11-20(30-2)21(14-18)31-3/h4-8,10-11,13-15H,9,12H2,1-3H3,(H,26,29). The molecule has 0 radical (unpaired) electrons. The van der Waals surface area contributed by atoms with Gasteiger partial charge in [-0.15, -0.1) is 11.3 Å². The van der Waals surface area contributed by atoms with E-state index in [1.165, 1.54) is 11.3 Å². The molecule has 0 aliphatic carbocycles. The highest BCUT2D eigenvalue weighted by Gasteiger charge is 2.15. The summed E-state index contributed by atoms with van der Waals surface area (Å²) in [7, 11) is 3.21. The molecule has 0 atom stereocenters. The van der Waals surface area contributed by atoms with Gasteiger partial charge in [0.15, 0.2) is 11.5 Å². The number of methoxy groups -OCH3 is 2. The molecule has 1 amide bonds. The molecule has 0 saturated carbocycles. The number of rotatable bonds is 8. The molecule has 4 aromatic rings. The van der Waals surface area contributed by atoms with E-state index in [0.717, 1.165) is 22.5 Å². The molecule has 2 aromatic heterocycles. The van der Waals surface area contributed by atoms with Crippen molar-refractivity contribution in [3.8, 4) is 27.9 Å². The molecule has 0 bridgehead atoms. The Morgan fingerprint density at radius 3 is 2.59 bits per heavy atom. The molecule has 0 aliphatic heterocycles. The number of nitrogens with one attached hydrogen (secondary N) is 1. The van der Waals surface area contributed by atoms with Gasteiger partial charge in [0.05, 0.1) is 25.6 Å². The van der Waals surface area contributed by atoms with Gasteiger partial charge in [-0.2, -0.15) is 9.78 Å². The van der Waals surface area contributed by atoms with E-state index in [2.05, 4.69) is 10.4 Å². The molecule has 8 heteroatoms. The number of anilines is 1. The molecule has 0 spiro atoms. The Labute approximate surface area is 190 Å². The van der Waals surface area contributed by atoms with E-state index in [9.17, 15) is 4.79 Å². The number of ether oxygens (including phenoxy) is 2. The third-order valence-electron chi connectivity index (χ3n) is 4.94. The van der Waals surface area contributed by atoms with Crippen LogP contribution in [0, 0.1) is 6.92 Å². The number of aromatic nitrogens is 3. The average molecular weight is 449 g/mol. The van der Waals surface area contributed by atoms with Crippen molar-refractivity contribution in [2.75, 3.05) is 19.5 Å². The topological polar surface area (TPSA) is 78.3 Å². The van der Waals surface area contributed by atoms with Gasteiger partial charge >= 0.3 is 0 Å². The van der Waals surface area contributed by atoms with Crippen LogP contribution in [0.2, 0.25) is 0 Å². The molecule has 1 N–H and O–H groups in total. The van der Waals surface area contributed by atoms with Gasteiger partial charge in [0.25, 0.3) is 0 Å². The Bertz CT molecular complexity index is 1220. The number of hydrogen-bond donors (Lipinski definition) is 1. The molecule has 4 rings (SSSR count). The monoisotopic (exact) mass is 448 g/mol. The number of benzene rings is 2. The van der Waals surface area contributed by atoms with Crippen molar-refractivity contribution in [3.63, 3.8) is 0 Å². The first-order valence-electron chi connectivity index (χ1n) is 10.2. The zero-order valence-electron chi connectivity index (χ0n) is 18.2. The summed E-state index contributed by atoms with van der Waals surface area (Å²) in [5.41, 5.74) is 3.63. The lowest BCUT2D eigenvalue weighted by Crippen LogP contribution is -2.15. The number of nitrogens with zero attached hydrogens (tertiary/aromatic N) is 3. The second kappa shape index (κ2) is 9.65. The first-order chi connectivity index (χ1) is 15.6. The van der Waals surface area contributed by atoms with Crippen molar-refractivity contribution >= 4 is 23.1 Å². The van der Waals surface area contributed by atoms with Gasteiger partial charge in [-0.1, -0.05) is 30.3 Å². The fourth-order valence-electron chi connectivity index (χ4n) is 3.33. The van der Waals surface area contributed by atoms with Gasteiger partial charge in [0.2, 0.25) is 11.0 Å². The third-order valence-corrected chi connectivity index (χ3v) is 5.75. The molecular weight excluding hydrogens is 424 g/mol. The highest BCUT2D eigenvalue weighted by Crippen LogP contribution is 2.33. The molecule has 2 heterocycles. The van der Waals surface area contributed by atoms with E-state index in [4.69, 9.17) is 14.5 Å². The van der Waals surface area contributed by atoms with Crippen molar-refractivity contribution in [3.05, 3.63) is 71.2 Å². The highest BCUT2D eigenvalue weighted by atomic mass is 32.1. The van der Waals surface area contributed by atoms with Crippen LogP contribution in [0.15, 0.2) is 60.0 Å². The van der Waals surface area contributed by atoms with Crippen LogP contribution >= 0.6 is 11.3 Å². The summed E-state index contributed by atoms with van der Waals surface area (Å²) in [5.74, 6) is 1.84. The number of amides is 1.